The minimum Gasteiger partial charge on any atom is -0.438 e. The van der Waals surface area contributed by atoms with Gasteiger partial charge in [0.2, 0.25) is 5.09 Å². The van der Waals surface area contributed by atoms with Crippen molar-refractivity contribution in [1.29, 1.82) is 0 Å². The molecule has 0 unspecified atom stereocenters. The molecule has 11 heteroatoms. The molecular formula is C22H28F3N3O4S. The molecule has 2 aromatic rings. The second-order valence-electron chi connectivity index (χ2n) is 9.20. The molecule has 0 bridgehead atoms. The molecule has 33 heavy (non-hydrogen) atoms. The van der Waals surface area contributed by atoms with Gasteiger partial charge in [0.05, 0.1) is 5.56 Å². The smallest absolute Gasteiger partial charge is 0.416 e. The van der Waals surface area contributed by atoms with Crippen LogP contribution < -0.4 is 10.0 Å². The zero-order chi connectivity index (χ0) is 24.4. The first-order chi connectivity index (χ1) is 15.2. The van der Waals surface area contributed by atoms with Crippen molar-refractivity contribution in [2.75, 3.05) is 13.1 Å². The van der Waals surface area contributed by atoms with Crippen molar-refractivity contribution >= 4 is 15.9 Å². The molecule has 7 nitrogen and oxygen atoms in total. The number of rotatable bonds is 6. The third-order valence-corrected chi connectivity index (χ3v) is 6.72. The van der Waals surface area contributed by atoms with Crippen LogP contribution in [0.4, 0.5) is 13.2 Å². The van der Waals surface area contributed by atoms with Crippen molar-refractivity contribution in [3.8, 4) is 0 Å². The van der Waals surface area contributed by atoms with Gasteiger partial charge in [0.1, 0.15) is 0 Å². The molecule has 1 aliphatic heterocycles. The topological polar surface area (TPSA) is 91.6 Å². The van der Waals surface area contributed by atoms with Crippen LogP contribution in [0.25, 0.3) is 0 Å². The van der Waals surface area contributed by atoms with Gasteiger partial charge in [-0.2, -0.15) is 13.2 Å². The van der Waals surface area contributed by atoms with E-state index in [-0.39, 0.29) is 16.9 Å². The summed E-state index contributed by atoms with van der Waals surface area (Å²) in [6, 6.07) is 7.68. The number of nitrogens with zero attached hydrogens (tertiary/aromatic N) is 1. The second kappa shape index (κ2) is 9.47. The molecule has 182 valence electrons. The third kappa shape index (κ3) is 7.05. The highest BCUT2D eigenvalue weighted by Crippen LogP contribution is 2.30. The lowest BCUT2D eigenvalue weighted by atomic mass is 10.0. The zero-order valence-electron chi connectivity index (χ0n) is 18.7. The van der Waals surface area contributed by atoms with Gasteiger partial charge in [0.25, 0.3) is 15.9 Å². The van der Waals surface area contributed by atoms with Crippen LogP contribution in [0.15, 0.2) is 45.9 Å². The average molecular weight is 488 g/mol. The van der Waals surface area contributed by atoms with E-state index in [1.807, 2.05) is 4.90 Å². The minimum absolute atomic E-state index is 0.101. The van der Waals surface area contributed by atoms with E-state index in [4.69, 9.17) is 4.42 Å². The van der Waals surface area contributed by atoms with Crippen molar-refractivity contribution in [3.05, 3.63) is 53.3 Å². The van der Waals surface area contributed by atoms with Gasteiger partial charge in [-0.25, -0.2) is 13.1 Å². The highest BCUT2D eigenvalue weighted by Gasteiger charge is 2.31. The largest absolute Gasteiger partial charge is 0.438 e. The molecule has 2 N–H and O–H groups in total. The van der Waals surface area contributed by atoms with Crippen molar-refractivity contribution < 1.29 is 30.8 Å². The highest BCUT2D eigenvalue weighted by atomic mass is 32.2. The number of halogens is 3. The van der Waals surface area contributed by atoms with Crippen molar-refractivity contribution in [2.45, 2.75) is 63.0 Å². The van der Waals surface area contributed by atoms with Crippen molar-refractivity contribution in [1.82, 2.24) is 14.9 Å². The second-order valence-corrected chi connectivity index (χ2v) is 10.8. The van der Waals surface area contributed by atoms with E-state index < -0.39 is 33.2 Å². The van der Waals surface area contributed by atoms with E-state index >= 15 is 0 Å². The number of amides is 1. The summed E-state index contributed by atoms with van der Waals surface area (Å²) in [4.78, 5) is 14.5. The van der Waals surface area contributed by atoms with E-state index in [1.165, 1.54) is 18.2 Å². The Labute approximate surface area is 191 Å². The predicted octanol–water partition coefficient (Wildman–Crippen LogP) is 3.77. The number of hydrogen-bond acceptors (Lipinski definition) is 5. The van der Waals surface area contributed by atoms with Gasteiger partial charge in [0, 0.05) is 31.2 Å². The Morgan fingerprint density at radius 2 is 1.79 bits per heavy atom. The Morgan fingerprint density at radius 3 is 2.39 bits per heavy atom. The van der Waals surface area contributed by atoms with Crippen molar-refractivity contribution in [2.24, 2.45) is 0 Å². The first kappa shape index (κ1) is 25.3. The standard InChI is InChI=1S/C22H28F3N3O4S/c1-21(2,3)27-33(30,31)19-8-7-18(32-19)20(29)26-17-9-11-28(12-10-17)14-15-5-4-6-16(13-15)22(23,24)25/h4-8,13,17,27H,9-12,14H2,1-3H3,(H,26,29). The summed E-state index contributed by atoms with van der Waals surface area (Å²) in [5.41, 5.74) is -0.781. The SMILES string of the molecule is CC(C)(C)NS(=O)(=O)c1ccc(C(=O)NC2CCN(Cc3cccc(C(F)(F)F)c3)CC2)o1. The van der Waals surface area contributed by atoms with Crippen molar-refractivity contribution in [3.63, 3.8) is 0 Å². The van der Waals surface area contributed by atoms with Gasteiger partial charge < -0.3 is 9.73 Å². The zero-order valence-corrected chi connectivity index (χ0v) is 19.5. The quantitative estimate of drug-likeness (QED) is 0.647. The summed E-state index contributed by atoms with van der Waals surface area (Å²) in [6.07, 6.45) is -3.15. The van der Waals surface area contributed by atoms with Crippen LogP contribution in [-0.4, -0.2) is 43.9 Å². The molecule has 1 saturated heterocycles. The fourth-order valence-electron chi connectivity index (χ4n) is 3.64. The molecule has 0 spiro atoms. The molecule has 0 saturated carbocycles. The van der Waals surface area contributed by atoms with Gasteiger partial charge in [-0.3, -0.25) is 9.69 Å². The molecule has 2 heterocycles. The molecule has 1 aromatic carbocycles. The molecule has 1 aliphatic rings. The van der Waals surface area contributed by atoms with Gasteiger partial charge in [-0.1, -0.05) is 18.2 Å². The fraction of sp³-hybridized carbons (Fsp3) is 0.500. The number of carbonyl (C=O) groups is 1. The maximum atomic E-state index is 12.9. The number of furan rings is 1. The lowest BCUT2D eigenvalue weighted by molar-refractivity contribution is -0.137. The van der Waals surface area contributed by atoms with Gasteiger partial charge in [0.15, 0.2) is 5.76 Å². The molecule has 3 rings (SSSR count). The van der Waals surface area contributed by atoms with Crippen LogP contribution in [0.3, 0.4) is 0 Å². The maximum absolute atomic E-state index is 12.9. The lowest BCUT2D eigenvalue weighted by Crippen LogP contribution is -2.44. The van der Waals surface area contributed by atoms with Gasteiger partial charge >= 0.3 is 6.18 Å². The molecule has 1 aromatic heterocycles. The summed E-state index contributed by atoms with van der Waals surface area (Å²) in [6.45, 7) is 6.69. The average Bonchev–Trinajstić information content (AvgIpc) is 3.19. The number of carbonyl (C=O) groups excluding carboxylic acids is 1. The first-order valence-electron chi connectivity index (χ1n) is 10.6. The molecular weight excluding hydrogens is 459 g/mol. The van der Waals surface area contributed by atoms with E-state index in [1.54, 1.807) is 26.8 Å². The molecule has 0 radical (unpaired) electrons. The summed E-state index contributed by atoms with van der Waals surface area (Å²) in [7, 11) is -3.89. The minimum atomic E-state index is -4.37. The number of alkyl halides is 3. The third-order valence-electron chi connectivity index (χ3n) is 5.09. The molecule has 0 atom stereocenters. The Morgan fingerprint density at radius 1 is 1.12 bits per heavy atom. The Bertz CT molecular complexity index is 1080. The predicted molar refractivity (Wildman–Crippen MR) is 116 cm³/mol. The highest BCUT2D eigenvalue weighted by molar-refractivity contribution is 7.89. The summed E-state index contributed by atoms with van der Waals surface area (Å²) < 4.78 is 71.1. The number of likely N-dealkylation sites (tertiary alicyclic amines) is 1. The summed E-state index contributed by atoms with van der Waals surface area (Å²) in [5, 5.41) is 2.50. The fourth-order valence-corrected chi connectivity index (χ4v) is 4.99. The number of benzene rings is 1. The summed E-state index contributed by atoms with van der Waals surface area (Å²) in [5.74, 6) is -0.612. The maximum Gasteiger partial charge on any atom is 0.416 e. The van der Waals surface area contributed by atoms with Crippen LogP contribution >= 0.6 is 0 Å². The Kier molecular flexibility index (Phi) is 7.25. The number of sulfonamides is 1. The molecule has 1 amide bonds. The lowest BCUT2D eigenvalue weighted by Gasteiger charge is -2.32. The van der Waals surface area contributed by atoms with Gasteiger partial charge in [-0.05, 0) is 57.4 Å². The monoisotopic (exact) mass is 487 g/mol. The van der Waals surface area contributed by atoms with E-state index in [9.17, 15) is 26.4 Å². The Hall–Kier alpha value is -2.37. The normalized spacial score (nSPS) is 16.7. The van der Waals surface area contributed by atoms with Crippen LogP contribution in [0, 0.1) is 0 Å². The first-order valence-corrected chi connectivity index (χ1v) is 12.0. The Balaban J connectivity index is 1.53. The van der Waals surface area contributed by atoms with E-state index in [0.717, 1.165) is 12.1 Å². The summed E-state index contributed by atoms with van der Waals surface area (Å²) >= 11 is 0. The molecule has 0 aliphatic carbocycles. The van der Waals surface area contributed by atoms with E-state index in [0.29, 0.717) is 38.0 Å². The van der Waals surface area contributed by atoms with Crippen LogP contribution in [0.1, 0.15) is 55.3 Å². The number of hydrogen-bond donors (Lipinski definition) is 2. The van der Waals surface area contributed by atoms with Crippen LogP contribution in [0.5, 0.6) is 0 Å². The van der Waals surface area contributed by atoms with Crippen LogP contribution in [0.2, 0.25) is 0 Å². The number of piperidine rings is 1. The van der Waals surface area contributed by atoms with E-state index in [2.05, 4.69) is 10.0 Å². The molecule has 1 fully saturated rings. The number of nitrogens with one attached hydrogen (secondary N) is 2. The van der Waals surface area contributed by atoms with Crippen LogP contribution in [-0.2, 0) is 22.7 Å². The van der Waals surface area contributed by atoms with Gasteiger partial charge in [-0.15, -0.1) is 0 Å².